The molecule has 0 heterocycles. The van der Waals surface area contributed by atoms with Crippen LogP contribution >= 0.6 is 15.9 Å². The number of benzene rings is 1. The topological polar surface area (TPSA) is 72.7 Å². The van der Waals surface area contributed by atoms with Crippen LogP contribution in [0, 0.1) is 10.1 Å². The van der Waals surface area contributed by atoms with E-state index in [2.05, 4.69) is 15.9 Å². The molecule has 0 unspecified atom stereocenters. The largest absolute Gasteiger partial charge is 0.383 e. The molecule has 1 rings (SSSR count). The molecular formula is C11H13BrN2O4. The molecule has 7 heteroatoms. The summed E-state index contributed by atoms with van der Waals surface area (Å²) < 4.78 is 5.22. The van der Waals surface area contributed by atoms with Gasteiger partial charge in [-0.3, -0.25) is 14.9 Å². The van der Waals surface area contributed by atoms with Crippen LogP contribution in [-0.2, 0) is 4.74 Å². The van der Waals surface area contributed by atoms with Crippen molar-refractivity contribution in [3.8, 4) is 0 Å². The lowest BCUT2D eigenvalue weighted by atomic mass is 10.2. The van der Waals surface area contributed by atoms with Crippen LogP contribution in [-0.4, -0.2) is 43.0 Å². The van der Waals surface area contributed by atoms with E-state index >= 15 is 0 Å². The summed E-state index contributed by atoms with van der Waals surface area (Å²) in [5, 5.41) is 10.8. The number of nitrogens with zero attached hydrogens (tertiary/aromatic N) is 2. The fourth-order valence-corrected chi connectivity index (χ4v) is 1.73. The van der Waals surface area contributed by atoms with Crippen molar-refractivity contribution in [1.29, 1.82) is 0 Å². The number of rotatable bonds is 5. The Morgan fingerprint density at radius 3 is 2.78 bits per heavy atom. The number of carbonyl (C=O) groups is 1. The minimum Gasteiger partial charge on any atom is -0.383 e. The Labute approximate surface area is 113 Å². The number of halogens is 1. The smallest absolute Gasteiger partial charge is 0.284 e. The number of carbonyl (C=O) groups excluding carboxylic acids is 1. The average Bonchev–Trinajstić information content (AvgIpc) is 2.35. The van der Waals surface area contributed by atoms with Crippen LogP contribution in [0.1, 0.15) is 10.4 Å². The summed E-state index contributed by atoms with van der Waals surface area (Å²) in [5.41, 5.74) is 0.157. The van der Waals surface area contributed by atoms with E-state index in [1.54, 1.807) is 20.2 Å². The highest BCUT2D eigenvalue weighted by Crippen LogP contribution is 2.25. The van der Waals surface area contributed by atoms with Crippen molar-refractivity contribution >= 4 is 27.5 Å². The van der Waals surface area contributed by atoms with Crippen molar-refractivity contribution < 1.29 is 14.5 Å². The van der Waals surface area contributed by atoms with E-state index in [4.69, 9.17) is 4.74 Å². The van der Waals surface area contributed by atoms with E-state index in [-0.39, 0.29) is 17.2 Å². The van der Waals surface area contributed by atoms with Gasteiger partial charge < -0.3 is 9.64 Å². The van der Waals surface area contributed by atoms with Crippen LogP contribution in [0.5, 0.6) is 0 Å². The van der Waals surface area contributed by atoms with Crippen LogP contribution in [0.4, 0.5) is 5.69 Å². The summed E-state index contributed by atoms with van der Waals surface area (Å²) in [5.74, 6) is -0.275. The number of methoxy groups -OCH3 is 1. The monoisotopic (exact) mass is 316 g/mol. The number of hydrogen-bond acceptors (Lipinski definition) is 4. The quantitative estimate of drug-likeness (QED) is 0.616. The molecule has 0 N–H and O–H groups in total. The molecule has 18 heavy (non-hydrogen) atoms. The SMILES string of the molecule is COCCN(C)C(=O)c1ccc(Br)c([N+](=O)[O-])c1. The first-order valence-corrected chi connectivity index (χ1v) is 5.95. The maximum atomic E-state index is 12.0. The molecule has 0 aromatic heterocycles. The molecule has 98 valence electrons. The Bertz CT molecular complexity index is 464. The highest BCUT2D eigenvalue weighted by molar-refractivity contribution is 9.10. The number of hydrogen-bond donors (Lipinski definition) is 0. The summed E-state index contributed by atoms with van der Waals surface area (Å²) in [4.78, 5) is 23.7. The highest BCUT2D eigenvalue weighted by Gasteiger charge is 2.18. The molecule has 0 aliphatic carbocycles. The molecule has 1 amide bonds. The molecule has 6 nitrogen and oxygen atoms in total. The number of likely N-dealkylation sites (N-methyl/N-ethyl adjacent to an activating group) is 1. The van der Waals surface area contributed by atoms with Crippen LogP contribution in [0.15, 0.2) is 22.7 Å². The Morgan fingerprint density at radius 1 is 1.56 bits per heavy atom. The summed E-state index contributed by atoms with van der Waals surface area (Å²) in [6.07, 6.45) is 0. The predicted octanol–water partition coefficient (Wildman–Crippen LogP) is 2.08. The van der Waals surface area contributed by atoms with Crippen molar-refractivity contribution in [1.82, 2.24) is 4.90 Å². The standard InChI is InChI=1S/C11H13BrN2O4/c1-13(5-6-18-2)11(15)8-3-4-9(12)10(7-8)14(16)17/h3-4,7H,5-6H2,1-2H3. The number of nitro benzene ring substituents is 1. The van der Waals surface area contributed by atoms with Gasteiger partial charge in [0.15, 0.2) is 0 Å². The van der Waals surface area contributed by atoms with Crippen molar-refractivity contribution in [2.24, 2.45) is 0 Å². The summed E-state index contributed by atoms with van der Waals surface area (Å²) >= 11 is 3.07. The van der Waals surface area contributed by atoms with Crippen LogP contribution in [0.2, 0.25) is 0 Å². The van der Waals surface area contributed by atoms with Gasteiger partial charge >= 0.3 is 0 Å². The van der Waals surface area contributed by atoms with E-state index in [9.17, 15) is 14.9 Å². The molecular weight excluding hydrogens is 304 g/mol. The predicted molar refractivity (Wildman–Crippen MR) is 69.6 cm³/mol. The molecule has 0 bridgehead atoms. The molecule has 0 saturated heterocycles. The fraction of sp³-hybridized carbons (Fsp3) is 0.364. The van der Waals surface area contributed by atoms with Crippen molar-refractivity contribution in [3.05, 3.63) is 38.3 Å². The van der Waals surface area contributed by atoms with Gasteiger partial charge in [0.05, 0.1) is 16.0 Å². The second kappa shape index (κ2) is 6.46. The van der Waals surface area contributed by atoms with Crippen LogP contribution in [0.25, 0.3) is 0 Å². The lowest BCUT2D eigenvalue weighted by molar-refractivity contribution is -0.385. The highest BCUT2D eigenvalue weighted by atomic mass is 79.9. The van der Waals surface area contributed by atoms with Crippen molar-refractivity contribution in [3.63, 3.8) is 0 Å². The second-order valence-corrected chi connectivity index (χ2v) is 4.50. The van der Waals surface area contributed by atoms with Crippen molar-refractivity contribution in [2.45, 2.75) is 0 Å². The van der Waals surface area contributed by atoms with Gasteiger partial charge in [-0.05, 0) is 28.1 Å². The zero-order valence-corrected chi connectivity index (χ0v) is 11.6. The molecule has 0 aliphatic rings. The average molecular weight is 317 g/mol. The Morgan fingerprint density at radius 2 is 2.22 bits per heavy atom. The summed E-state index contributed by atoms with van der Waals surface area (Å²) in [7, 11) is 3.16. The fourth-order valence-electron chi connectivity index (χ4n) is 1.34. The minimum absolute atomic E-state index is 0.124. The van der Waals surface area contributed by atoms with E-state index < -0.39 is 4.92 Å². The number of ether oxygens (including phenoxy) is 1. The van der Waals surface area contributed by atoms with Gasteiger partial charge in [0.1, 0.15) is 0 Å². The maximum absolute atomic E-state index is 12.0. The van der Waals surface area contributed by atoms with Gasteiger partial charge in [-0.2, -0.15) is 0 Å². The summed E-state index contributed by atoms with van der Waals surface area (Å²) in [6, 6.07) is 4.30. The normalized spacial score (nSPS) is 10.2. The minimum atomic E-state index is -0.532. The van der Waals surface area contributed by atoms with Crippen LogP contribution in [0.3, 0.4) is 0 Å². The van der Waals surface area contributed by atoms with Gasteiger partial charge in [-0.15, -0.1) is 0 Å². The molecule has 0 atom stereocenters. The molecule has 0 spiro atoms. The molecule has 0 saturated carbocycles. The van der Waals surface area contributed by atoms with Crippen molar-refractivity contribution in [2.75, 3.05) is 27.3 Å². The molecule has 1 aromatic rings. The zero-order chi connectivity index (χ0) is 13.7. The Hall–Kier alpha value is -1.47. The maximum Gasteiger partial charge on any atom is 0.284 e. The molecule has 1 aromatic carbocycles. The van der Waals surface area contributed by atoms with E-state index in [0.29, 0.717) is 17.6 Å². The first-order chi connectivity index (χ1) is 8.47. The lowest BCUT2D eigenvalue weighted by Gasteiger charge is -2.16. The van der Waals surface area contributed by atoms with Gasteiger partial charge in [0.25, 0.3) is 11.6 Å². The third-order valence-electron chi connectivity index (χ3n) is 2.37. The third-order valence-corrected chi connectivity index (χ3v) is 3.04. The molecule has 0 aliphatic heterocycles. The zero-order valence-electron chi connectivity index (χ0n) is 10.1. The molecule has 0 radical (unpaired) electrons. The van der Waals surface area contributed by atoms with E-state index in [1.807, 2.05) is 0 Å². The number of nitro groups is 1. The van der Waals surface area contributed by atoms with E-state index in [1.165, 1.54) is 17.0 Å². The molecule has 0 fully saturated rings. The third kappa shape index (κ3) is 3.51. The lowest BCUT2D eigenvalue weighted by Crippen LogP contribution is -2.29. The Balaban J connectivity index is 2.93. The first-order valence-electron chi connectivity index (χ1n) is 5.15. The second-order valence-electron chi connectivity index (χ2n) is 3.64. The first kappa shape index (κ1) is 14.6. The summed E-state index contributed by atoms with van der Waals surface area (Å²) in [6.45, 7) is 0.847. The van der Waals surface area contributed by atoms with Gasteiger partial charge in [-0.1, -0.05) is 0 Å². The number of amides is 1. The van der Waals surface area contributed by atoms with Gasteiger partial charge in [0, 0.05) is 32.3 Å². The Kier molecular flexibility index (Phi) is 5.24. The van der Waals surface area contributed by atoms with Gasteiger partial charge in [-0.25, -0.2) is 0 Å². The van der Waals surface area contributed by atoms with E-state index in [0.717, 1.165) is 0 Å². The van der Waals surface area contributed by atoms with Gasteiger partial charge in [0.2, 0.25) is 0 Å². The van der Waals surface area contributed by atoms with Crippen LogP contribution < -0.4 is 0 Å².